The Morgan fingerprint density at radius 3 is 2.53 bits per heavy atom. The normalized spacial score (nSPS) is 22.8. The predicted octanol–water partition coefficient (Wildman–Crippen LogP) is 0.607. The molecule has 84 valence electrons. The molecule has 1 amide bonds. The van der Waals surface area contributed by atoms with Crippen molar-refractivity contribution in [3.05, 3.63) is 0 Å². The lowest BCUT2D eigenvalue weighted by atomic mass is 10.1. The third-order valence-corrected chi connectivity index (χ3v) is 2.34. The lowest BCUT2D eigenvalue weighted by molar-refractivity contribution is -0.143. The van der Waals surface area contributed by atoms with E-state index in [0.29, 0.717) is 12.8 Å². The Balaban J connectivity index is 2.87. The maximum absolute atomic E-state index is 11.2. The fraction of sp³-hybridized carbons (Fsp3) is 0.667. The second kappa shape index (κ2) is 4.29. The minimum atomic E-state index is -1.12. The van der Waals surface area contributed by atoms with Crippen LogP contribution in [0.5, 0.6) is 0 Å². The van der Waals surface area contributed by atoms with E-state index < -0.39 is 30.1 Å². The fourth-order valence-corrected chi connectivity index (χ4v) is 1.55. The molecule has 1 rings (SSSR count). The molecule has 0 aromatic carbocycles. The molecule has 6 heteroatoms. The molecule has 15 heavy (non-hydrogen) atoms. The van der Waals surface area contributed by atoms with Gasteiger partial charge >= 0.3 is 18.0 Å². The third kappa shape index (κ3) is 2.08. The summed E-state index contributed by atoms with van der Waals surface area (Å²) in [6.07, 6.45) is 0.0531. The molecule has 1 aliphatic rings. The summed E-state index contributed by atoms with van der Waals surface area (Å²) in [5.74, 6) is -1.81. The summed E-state index contributed by atoms with van der Waals surface area (Å²) in [6.45, 7) is 3.27. The Kier molecular flexibility index (Phi) is 3.28. The number of amides is 1. The number of rotatable bonds is 4. The van der Waals surface area contributed by atoms with Crippen molar-refractivity contribution in [3.8, 4) is 0 Å². The van der Waals surface area contributed by atoms with Crippen LogP contribution in [0.4, 0.5) is 4.79 Å². The number of carbonyl (C=O) groups excluding carboxylic acids is 2. The van der Waals surface area contributed by atoms with Crippen LogP contribution in [-0.4, -0.2) is 40.1 Å². The smallest absolute Gasteiger partial charge is 0.419 e. The lowest BCUT2D eigenvalue weighted by Gasteiger charge is -2.23. The van der Waals surface area contributed by atoms with Gasteiger partial charge in [-0.3, -0.25) is 4.90 Å². The van der Waals surface area contributed by atoms with Crippen molar-refractivity contribution in [3.63, 3.8) is 0 Å². The van der Waals surface area contributed by atoms with Crippen LogP contribution in [0.15, 0.2) is 0 Å². The molecule has 0 unspecified atom stereocenters. The number of carboxylic acid groups (broad SMARTS) is 1. The average molecular weight is 215 g/mol. The zero-order chi connectivity index (χ0) is 11.6. The molecule has 0 aliphatic carbocycles. The number of hydrogen-bond donors (Lipinski definition) is 1. The van der Waals surface area contributed by atoms with Gasteiger partial charge in [-0.1, -0.05) is 13.3 Å². The summed E-state index contributed by atoms with van der Waals surface area (Å²) < 4.78 is 4.35. The predicted molar refractivity (Wildman–Crippen MR) is 49.1 cm³/mol. The van der Waals surface area contributed by atoms with Crippen LogP contribution >= 0.6 is 0 Å². The van der Waals surface area contributed by atoms with E-state index in [2.05, 4.69) is 4.74 Å². The van der Waals surface area contributed by atoms with Gasteiger partial charge in [0.15, 0.2) is 0 Å². The van der Waals surface area contributed by atoms with Gasteiger partial charge in [0.05, 0.1) is 0 Å². The van der Waals surface area contributed by atoms with E-state index in [1.807, 2.05) is 6.92 Å². The van der Waals surface area contributed by atoms with Gasteiger partial charge in [-0.05, 0) is 13.3 Å². The maximum atomic E-state index is 11.2. The molecule has 0 radical (unpaired) electrons. The van der Waals surface area contributed by atoms with E-state index in [9.17, 15) is 14.4 Å². The number of ether oxygens (including phenoxy) is 1. The van der Waals surface area contributed by atoms with Crippen molar-refractivity contribution in [2.75, 3.05) is 0 Å². The van der Waals surface area contributed by atoms with Gasteiger partial charge < -0.3 is 9.84 Å². The summed E-state index contributed by atoms with van der Waals surface area (Å²) in [4.78, 5) is 34.2. The molecule has 0 bridgehead atoms. The zero-order valence-corrected chi connectivity index (χ0v) is 8.60. The van der Waals surface area contributed by atoms with Gasteiger partial charge in [0.25, 0.3) is 0 Å². The Hall–Kier alpha value is -1.59. The first kappa shape index (κ1) is 11.5. The van der Waals surface area contributed by atoms with E-state index >= 15 is 0 Å². The minimum Gasteiger partial charge on any atom is -0.480 e. The second-order valence-corrected chi connectivity index (χ2v) is 3.41. The van der Waals surface area contributed by atoms with Gasteiger partial charge in [-0.15, -0.1) is 0 Å². The van der Waals surface area contributed by atoms with Crippen LogP contribution in [0.1, 0.15) is 26.7 Å². The largest absolute Gasteiger partial charge is 0.480 e. The van der Waals surface area contributed by atoms with Crippen LogP contribution < -0.4 is 0 Å². The van der Waals surface area contributed by atoms with Gasteiger partial charge in [-0.2, -0.15) is 0 Å². The van der Waals surface area contributed by atoms with Crippen LogP contribution in [-0.2, 0) is 14.3 Å². The lowest BCUT2D eigenvalue weighted by Crippen LogP contribution is -2.46. The highest BCUT2D eigenvalue weighted by Gasteiger charge is 2.44. The number of aliphatic carboxylic acids is 1. The number of nitrogens with zero attached hydrogens (tertiary/aromatic N) is 1. The number of esters is 1. The van der Waals surface area contributed by atoms with Crippen LogP contribution in [0, 0.1) is 0 Å². The first-order valence-corrected chi connectivity index (χ1v) is 4.75. The maximum Gasteiger partial charge on any atom is 0.419 e. The summed E-state index contributed by atoms with van der Waals surface area (Å²) in [5, 5.41) is 8.93. The summed E-state index contributed by atoms with van der Waals surface area (Å²) >= 11 is 0. The molecular formula is C9H13NO5. The third-order valence-electron chi connectivity index (χ3n) is 2.34. The standard InChI is InChI=1S/C9H13NO5/c1-3-4-6(7(11)12)10-5(2)8(13)15-9(10)14/h5-6H,3-4H2,1-2H3,(H,11,12)/t5-,6-/m0/s1. The first-order valence-electron chi connectivity index (χ1n) is 4.75. The van der Waals surface area contributed by atoms with Crippen LogP contribution in [0.2, 0.25) is 0 Å². The van der Waals surface area contributed by atoms with Crippen molar-refractivity contribution >= 4 is 18.0 Å². The number of carbonyl (C=O) groups is 3. The van der Waals surface area contributed by atoms with Gasteiger partial charge in [-0.25, -0.2) is 14.4 Å². The van der Waals surface area contributed by atoms with Crippen molar-refractivity contribution in [1.29, 1.82) is 0 Å². The summed E-state index contributed by atoms with van der Waals surface area (Å²) in [7, 11) is 0. The molecule has 1 fully saturated rings. The van der Waals surface area contributed by atoms with E-state index in [1.165, 1.54) is 6.92 Å². The molecule has 1 aliphatic heterocycles. The molecule has 0 aromatic heterocycles. The van der Waals surface area contributed by atoms with Crippen LogP contribution in [0.3, 0.4) is 0 Å². The molecule has 1 N–H and O–H groups in total. The zero-order valence-electron chi connectivity index (χ0n) is 8.60. The highest BCUT2D eigenvalue weighted by molar-refractivity contribution is 5.97. The van der Waals surface area contributed by atoms with Crippen molar-refractivity contribution in [2.24, 2.45) is 0 Å². The van der Waals surface area contributed by atoms with Gasteiger partial charge in [0.1, 0.15) is 12.1 Å². The van der Waals surface area contributed by atoms with Crippen molar-refractivity contribution in [2.45, 2.75) is 38.8 Å². The van der Waals surface area contributed by atoms with E-state index in [1.54, 1.807) is 0 Å². The number of carboxylic acids is 1. The second-order valence-electron chi connectivity index (χ2n) is 3.41. The van der Waals surface area contributed by atoms with E-state index in [-0.39, 0.29) is 0 Å². The van der Waals surface area contributed by atoms with Crippen molar-refractivity contribution in [1.82, 2.24) is 4.90 Å². The molecule has 0 saturated carbocycles. The molecular weight excluding hydrogens is 202 g/mol. The fourth-order valence-electron chi connectivity index (χ4n) is 1.55. The first-order chi connectivity index (χ1) is 6.99. The van der Waals surface area contributed by atoms with Gasteiger partial charge in [0.2, 0.25) is 0 Å². The Morgan fingerprint density at radius 1 is 1.60 bits per heavy atom. The summed E-state index contributed by atoms with van der Waals surface area (Å²) in [5.41, 5.74) is 0. The van der Waals surface area contributed by atoms with Crippen LogP contribution in [0.25, 0.3) is 0 Å². The summed E-state index contributed by atoms with van der Waals surface area (Å²) in [6, 6.07) is -1.80. The molecule has 6 nitrogen and oxygen atoms in total. The van der Waals surface area contributed by atoms with E-state index in [0.717, 1.165) is 4.90 Å². The average Bonchev–Trinajstić information content (AvgIpc) is 2.38. The van der Waals surface area contributed by atoms with Gasteiger partial charge in [0, 0.05) is 0 Å². The minimum absolute atomic E-state index is 0.308. The Labute approximate surface area is 86.8 Å². The highest BCUT2D eigenvalue weighted by Crippen LogP contribution is 2.20. The molecule has 0 aromatic rings. The Morgan fingerprint density at radius 2 is 2.20 bits per heavy atom. The molecule has 1 heterocycles. The topological polar surface area (TPSA) is 83.9 Å². The Bertz CT molecular complexity index is 301. The van der Waals surface area contributed by atoms with E-state index in [4.69, 9.17) is 5.11 Å². The monoisotopic (exact) mass is 215 g/mol. The molecule has 0 spiro atoms. The quantitative estimate of drug-likeness (QED) is 0.548. The molecule has 1 saturated heterocycles. The molecule has 2 atom stereocenters. The number of hydrogen-bond acceptors (Lipinski definition) is 4. The number of cyclic esters (lactones) is 2. The SMILES string of the molecule is CCC[C@@H](C(=O)O)N1C(=O)OC(=O)[C@@H]1C. The highest BCUT2D eigenvalue weighted by atomic mass is 16.6. The van der Waals surface area contributed by atoms with Crippen molar-refractivity contribution < 1.29 is 24.2 Å².